The van der Waals surface area contributed by atoms with Crippen LogP contribution < -0.4 is 5.32 Å². The Morgan fingerprint density at radius 3 is 2.74 bits per heavy atom. The fourth-order valence-corrected chi connectivity index (χ4v) is 3.66. The van der Waals surface area contributed by atoms with Crippen LogP contribution in [0.5, 0.6) is 0 Å². The van der Waals surface area contributed by atoms with Crippen LogP contribution in [0.2, 0.25) is 0 Å². The Kier molecular flexibility index (Phi) is 3.80. The number of fused-ring (bicyclic) bond motifs is 1. The van der Waals surface area contributed by atoms with Gasteiger partial charge in [0.25, 0.3) is 0 Å². The van der Waals surface area contributed by atoms with E-state index in [-0.39, 0.29) is 5.91 Å². The van der Waals surface area contributed by atoms with Crippen molar-refractivity contribution in [1.29, 1.82) is 0 Å². The molecule has 140 valence electrons. The number of aromatic nitrogens is 6. The maximum absolute atomic E-state index is 11.5. The number of rotatable bonds is 4. The molecule has 4 heterocycles. The van der Waals surface area contributed by atoms with Gasteiger partial charge in [-0.3, -0.25) is 14.6 Å². The van der Waals surface area contributed by atoms with Gasteiger partial charge in [0.15, 0.2) is 5.82 Å². The monoisotopic (exact) mass is 366 g/mol. The zero-order valence-corrected chi connectivity index (χ0v) is 15.2. The zero-order chi connectivity index (χ0) is 18.4. The van der Waals surface area contributed by atoms with Gasteiger partial charge in [-0.1, -0.05) is 0 Å². The molecule has 0 spiro atoms. The standard InChI is InChI=1S/C18H22N8O/c1-11(27)25-6-4-14(5-7-25)26-10-13(8-20-26)21-18-16-15(9-19-24-16)22-17(23-18)12-2-3-12/h8-10,12,14H,2-7H2,1H3,(H,19,24)(H,21,22,23). The smallest absolute Gasteiger partial charge is 0.219 e. The highest BCUT2D eigenvalue weighted by atomic mass is 16.2. The summed E-state index contributed by atoms with van der Waals surface area (Å²) in [6.45, 7) is 3.20. The summed E-state index contributed by atoms with van der Waals surface area (Å²) in [4.78, 5) is 22.7. The molecule has 3 aromatic heterocycles. The SMILES string of the molecule is CC(=O)N1CCC(n2cc(Nc3nc(C4CC4)nc4cn[nH]c34)cn2)CC1. The average molecular weight is 366 g/mol. The zero-order valence-electron chi connectivity index (χ0n) is 15.2. The minimum absolute atomic E-state index is 0.148. The lowest BCUT2D eigenvalue weighted by Crippen LogP contribution is -2.37. The Bertz CT molecular complexity index is 980. The first-order valence-corrected chi connectivity index (χ1v) is 9.45. The van der Waals surface area contributed by atoms with Crippen molar-refractivity contribution in [1.82, 2.24) is 34.8 Å². The number of carbonyl (C=O) groups excluding carboxylic acids is 1. The summed E-state index contributed by atoms with van der Waals surface area (Å²) < 4.78 is 1.99. The summed E-state index contributed by atoms with van der Waals surface area (Å²) in [7, 11) is 0. The van der Waals surface area contributed by atoms with Crippen molar-refractivity contribution in [3.8, 4) is 0 Å². The molecule has 0 aromatic carbocycles. The second-order valence-corrected chi connectivity index (χ2v) is 7.41. The maximum atomic E-state index is 11.5. The van der Waals surface area contributed by atoms with Gasteiger partial charge < -0.3 is 10.2 Å². The number of nitrogens with one attached hydrogen (secondary N) is 2. The topological polar surface area (TPSA) is 105 Å². The predicted octanol–water partition coefficient (Wildman–Crippen LogP) is 2.35. The van der Waals surface area contributed by atoms with E-state index in [9.17, 15) is 4.79 Å². The molecular formula is C18H22N8O. The molecule has 2 fully saturated rings. The van der Waals surface area contributed by atoms with Crippen LogP contribution in [0.15, 0.2) is 18.6 Å². The normalized spacial score (nSPS) is 18.2. The Balaban J connectivity index is 1.35. The van der Waals surface area contributed by atoms with Crippen molar-refractivity contribution >= 4 is 28.4 Å². The predicted molar refractivity (Wildman–Crippen MR) is 99.7 cm³/mol. The molecule has 0 atom stereocenters. The Labute approximate surface area is 156 Å². The lowest BCUT2D eigenvalue weighted by molar-refractivity contribution is -0.130. The lowest BCUT2D eigenvalue weighted by Gasteiger charge is -2.31. The third kappa shape index (κ3) is 3.13. The van der Waals surface area contributed by atoms with Crippen LogP contribution in [0.25, 0.3) is 11.0 Å². The molecule has 0 unspecified atom stereocenters. The minimum Gasteiger partial charge on any atom is -0.343 e. The molecule has 1 aliphatic heterocycles. The summed E-state index contributed by atoms with van der Waals surface area (Å²) in [5.74, 6) is 2.25. The first-order valence-electron chi connectivity index (χ1n) is 9.45. The average Bonchev–Trinajstić information content (AvgIpc) is 3.23. The number of anilines is 2. The van der Waals surface area contributed by atoms with E-state index in [0.717, 1.165) is 67.1 Å². The van der Waals surface area contributed by atoms with E-state index in [1.165, 1.54) is 0 Å². The van der Waals surface area contributed by atoms with Crippen LogP contribution in [0.1, 0.15) is 50.4 Å². The van der Waals surface area contributed by atoms with Gasteiger partial charge in [0.1, 0.15) is 16.9 Å². The van der Waals surface area contributed by atoms with Crippen LogP contribution in [-0.4, -0.2) is 53.8 Å². The van der Waals surface area contributed by atoms with Crippen LogP contribution in [0.3, 0.4) is 0 Å². The second kappa shape index (κ2) is 6.33. The molecule has 2 N–H and O–H groups in total. The second-order valence-electron chi connectivity index (χ2n) is 7.41. The molecular weight excluding hydrogens is 344 g/mol. The summed E-state index contributed by atoms with van der Waals surface area (Å²) in [6.07, 6.45) is 9.71. The molecule has 3 aromatic rings. The number of nitrogens with zero attached hydrogens (tertiary/aromatic N) is 6. The summed E-state index contributed by atoms with van der Waals surface area (Å²) in [5, 5.41) is 15.0. The van der Waals surface area contributed by atoms with Crippen LogP contribution >= 0.6 is 0 Å². The molecule has 1 saturated carbocycles. The molecule has 1 aliphatic carbocycles. The van der Waals surface area contributed by atoms with E-state index in [0.29, 0.717) is 12.0 Å². The molecule has 5 rings (SSSR count). The number of amides is 1. The van der Waals surface area contributed by atoms with E-state index in [1.807, 2.05) is 22.0 Å². The number of H-pyrrole nitrogens is 1. The molecule has 1 amide bonds. The maximum Gasteiger partial charge on any atom is 0.219 e. The third-order valence-corrected chi connectivity index (χ3v) is 5.41. The van der Waals surface area contributed by atoms with Gasteiger partial charge in [0.05, 0.1) is 24.1 Å². The van der Waals surface area contributed by atoms with Crippen molar-refractivity contribution in [2.24, 2.45) is 0 Å². The van der Waals surface area contributed by atoms with E-state index >= 15 is 0 Å². The van der Waals surface area contributed by atoms with Crippen LogP contribution in [0, 0.1) is 0 Å². The van der Waals surface area contributed by atoms with Crippen molar-refractivity contribution in [3.05, 3.63) is 24.4 Å². The quantitative estimate of drug-likeness (QED) is 0.734. The summed E-state index contributed by atoms with van der Waals surface area (Å²) in [5.41, 5.74) is 2.53. The largest absolute Gasteiger partial charge is 0.343 e. The highest BCUT2D eigenvalue weighted by Gasteiger charge is 2.28. The number of aromatic amines is 1. The lowest BCUT2D eigenvalue weighted by atomic mass is 10.1. The minimum atomic E-state index is 0.148. The van der Waals surface area contributed by atoms with Gasteiger partial charge in [-0.2, -0.15) is 10.2 Å². The highest BCUT2D eigenvalue weighted by molar-refractivity contribution is 5.86. The van der Waals surface area contributed by atoms with E-state index < -0.39 is 0 Å². The van der Waals surface area contributed by atoms with Gasteiger partial charge in [-0.25, -0.2) is 9.97 Å². The van der Waals surface area contributed by atoms with Gasteiger partial charge in [0, 0.05) is 32.1 Å². The van der Waals surface area contributed by atoms with Crippen molar-refractivity contribution in [2.75, 3.05) is 18.4 Å². The van der Waals surface area contributed by atoms with Gasteiger partial charge in [-0.05, 0) is 25.7 Å². The molecule has 0 radical (unpaired) electrons. The van der Waals surface area contributed by atoms with E-state index in [1.54, 1.807) is 13.1 Å². The third-order valence-electron chi connectivity index (χ3n) is 5.41. The Hall–Kier alpha value is -2.97. The molecule has 1 saturated heterocycles. The number of hydrogen-bond acceptors (Lipinski definition) is 6. The van der Waals surface area contributed by atoms with Crippen LogP contribution in [-0.2, 0) is 4.79 Å². The van der Waals surface area contributed by atoms with Crippen molar-refractivity contribution in [2.45, 2.75) is 44.6 Å². The number of hydrogen-bond donors (Lipinski definition) is 2. The number of carbonyl (C=O) groups is 1. The van der Waals surface area contributed by atoms with Crippen molar-refractivity contribution < 1.29 is 4.79 Å². The number of likely N-dealkylation sites (tertiary alicyclic amines) is 1. The summed E-state index contributed by atoms with van der Waals surface area (Å²) >= 11 is 0. The van der Waals surface area contributed by atoms with E-state index in [2.05, 4.69) is 25.6 Å². The van der Waals surface area contributed by atoms with E-state index in [4.69, 9.17) is 4.98 Å². The molecule has 0 bridgehead atoms. The van der Waals surface area contributed by atoms with Gasteiger partial charge in [0.2, 0.25) is 5.91 Å². The highest BCUT2D eigenvalue weighted by Crippen LogP contribution is 2.39. The van der Waals surface area contributed by atoms with Crippen LogP contribution in [0.4, 0.5) is 11.5 Å². The molecule has 9 nitrogen and oxygen atoms in total. The number of piperidine rings is 1. The fraction of sp³-hybridized carbons (Fsp3) is 0.500. The Morgan fingerprint density at radius 2 is 2.00 bits per heavy atom. The van der Waals surface area contributed by atoms with Gasteiger partial charge >= 0.3 is 0 Å². The molecule has 9 heteroatoms. The van der Waals surface area contributed by atoms with Crippen molar-refractivity contribution in [3.63, 3.8) is 0 Å². The molecule has 2 aliphatic rings. The fourth-order valence-electron chi connectivity index (χ4n) is 3.66. The molecule has 27 heavy (non-hydrogen) atoms. The first kappa shape index (κ1) is 16.2. The van der Waals surface area contributed by atoms with Gasteiger partial charge in [-0.15, -0.1) is 0 Å². The first-order chi connectivity index (χ1) is 13.2. The Morgan fingerprint density at radius 1 is 1.19 bits per heavy atom. The summed E-state index contributed by atoms with van der Waals surface area (Å²) in [6, 6.07) is 0.316.